The van der Waals surface area contributed by atoms with Crippen molar-refractivity contribution in [3.63, 3.8) is 0 Å². The fourth-order valence-electron chi connectivity index (χ4n) is 2.28. The van der Waals surface area contributed by atoms with E-state index in [4.69, 9.17) is 0 Å². The standard InChI is InChI=1S/C14H20N2O/c1-2-15-11-14(17)16-10-6-5-8-12-7-3-4-9-13(12)16/h3-4,7,9,15H,2,5-6,8,10-11H2,1H3. The molecular weight excluding hydrogens is 212 g/mol. The van der Waals surface area contributed by atoms with Gasteiger partial charge in [-0.1, -0.05) is 25.1 Å². The van der Waals surface area contributed by atoms with Gasteiger partial charge in [0, 0.05) is 12.2 Å². The van der Waals surface area contributed by atoms with Crippen molar-refractivity contribution < 1.29 is 4.79 Å². The maximum absolute atomic E-state index is 12.1. The number of para-hydroxylation sites is 1. The van der Waals surface area contributed by atoms with E-state index in [9.17, 15) is 4.79 Å². The molecule has 0 radical (unpaired) electrons. The van der Waals surface area contributed by atoms with Crippen LogP contribution in [0.3, 0.4) is 0 Å². The molecule has 0 aliphatic carbocycles. The van der Waals surface area contributed by atoms with Crippen molar-refractivity contribution in [2.45, 2.75) is 26.2 Å². The average Bonchev–Trinajstić information content (AvgIpc) is 2.58. The lowest BCUT2D eigenvalue weighted by Crippen LogP contribution is -2.38. The van der Waals surface area contributed by atoms with Crippen molar-refractivity contribution in [1.82, 2.24) is 5.32 Å². The fourth-order valence-corrected chi connectivity index (χ4v) is 2.28. The predicted octanol–water partition coefficient (Wildman–Crippen LogP) is 1.97. The first-order valence-electron chi connectivity index (χ1n) is 6.42. The molecule has 92 valence electrons. The topological polar surface area (TPSA) is 32.3 Å². The molecule has 0 fully saturated rings. The number of carbonyl (C=O) groups is 1. The molecule has 2 rings (SSSR count). The molecule has 0 saturated carbocycles. The van der Waals surface area contributed by atoms with Gasteiger partial charge in [-0.2, -0.15) is 0 Å². The molecule has 1 aliphatic heterocycles. The maximum Gasteiger partial charge on any atom is 0.240 e. The van der Waals surface area contributed by atoms with Gasteiger partial charge in [0.05, 0.1) is 6.54 Å². The summed E-state index contributed by atoms with van der Waals surface area (Å²) in [7, 11) is 0. The van der Waals surface area contributed by atoms with Crippen molar-refractivity contribution in [2.75, 3.05) is 24.5 Å². The number of hydrogen-bond donors (Lipinski definition) is 1. The molecule has 0 atom stereocenters. The van der Waals surface area contributed by atoms with Crippen LogP contribution in [0.4, 0.5) is 5.69 Å². The molecule has 1 N–H and O–H groups in total. The zero-order chi connectivity index (χ0) is 12.1. The summed E-state index contributed by atoms with van der Waals surface area (Å²) in [6.07, 6.45) is 3.34. The Labute approximate surface area is 103 Å². The van der Waals surface area contributed by atoms with E-state index in [0.29, 0.717) is 6.54 Å². The molecule has 1 aromatic rings. The first kappa shape index (κ1) is 12.1. The number of hydrogen-bond acceptors (Lipinski definition) is 2. The third kappa shape index (κ3) is 2.86. The Hall–Kier alpha value is -1.35. The Bertz CT molecular complexity index is 390. The van der Waals surface area contributed by atoms with Crippen LogP contribution in [0, 0.1) is 0 Å². The summed E-state index contributed by atoms with van der Waals surface area (Å²) in [6, 6.07) is 8.26. The molecule has 0 bridgehead atoms. The predicted molar refractivity (Wildman–Crippen MR) is 70.3 cm³/mol. The van der Waals surface area contributed by atoms with Crippen LogP contribution < -0.4 is 10.2 Å². The van der Waals surface area contributed by atoms with Gasteiger partial charge in [0.2, 0.25) is 5.91 Å². The first-order valence-corrected chi connectivity index (χ1v) is 6.42. The minimum Gasteiger partial charge on any atom is -0.311 e. The summed E-state index contributed by atoms with van der Waals surface area (Å²) in [5, 5.41) is 3.11. The van der Waals surface area contributed by atoms with Crippen LogP contribution in [0.15, 0.2) is 24.3 Å². The van der Waals surface area contributed by atoms with Crippen molar-refractivity contribution in [3.05, 3.63) is 29.8 Å². The molecule has 0 unspecified atom stereocenters. The number of nitrogens with one attached hydrogen (secondary N) is 1. The number of benzene rings is 1. The van der Waals surface area contributed by atoms with Crippen LogP contribution in [0.5, 0.6) is 0 Å². The van der Waals surface area contributed by atoms with Gasteiger partial charge in [0.25, 0.3) is 0 Å². The van der Waals surface area contributed by atoms with Gasteiger partial charge in [-0.3, -0.25) is 4.79 Å². The van der Waals surface area contributed by atoms with E-state index in [1.807, 2.05) is 17.9 Å². The monoisotopic (exact) mass is 232 g/mol. The van der Waals surface area contributed by atoms with Gasteiger partial charge in [0.1, 0.15) is 0 Å². The van der Waals surface area contributed by atoms with Crippen molar-refractivity contribution >= 4 is 11.6 Å². The Morgan fingerprint density at radius 1 is 1.35 bits per heavy atom. The lowest BCUT2D eigenvalue weighted by Gasteiger charge is -2.23. The maximum atomic E-state index is 12.1. The van der Waals surface area contributed by atoms with Gasteiger partial charge in [0.15, 0.2) is 0 Å². The fraction of sp³-hybridized carbons (Fsp3) is 0.500. The van der Waals surface area contributed by atoms with Crippen LogP contribution in [0.2, 0.25) is 0 Å². The summed E-state index contributed by atoms with van der Waals surface area (Å²) in [6.45, 7) is 4.14. The summed E-state index contributed by atoms with van der Waals surface area (Å²) in [5.41, 5.74) is 2.41. The largest absolute Gasteiger partial charge is 0.311 e. The minimum absolute atomic E-state index is 0.182. The zero-order valence-corrected chi connectivity index (χ0v) is 10.4. The molecule has 3 heteroatoms. The van der Waals surface area contributed by atoms with Gasteiger partial charge < -0.3 is 10.2 Å². The van der Waals surface area contributed by atoms with E-state index < -0.39 is 0 Å². The van der Waals surface area contributed by atoms with Crippen LogP contribution in [-0.2, 0) is 11.2 Å². The molecule has 1 aromatic carbocycles. The number of nitrogens with zero attached hydrogens (tertiary/aromatic N) is 1. The second-order valence-electron chi connectivity index (χ2n) is 4.41. The highest BCUT2D eigenvalue weighted by Crippen LogP contribution is 2.25. The van der Waals surface area contributed by atoms with E-state index in [1.165, 1.54) is 12.0 Å². The van der Waals surface area contributed by atoms with Gasteiger partial charge in [-0.05, 0) is 37.4 Å². The van der Waals surface area contributed by atoms with Crippen LogP contribution in [0.25, 0.3) is 0 Å². The zero-order valence-electron chi connectivity index (χ0n) is 10.4. The molecule has 17 heavy (non-hydrogen) atoms. The number of carbonyl (C=O) groups excluding carboxylic acids is 1. The SMILES string of the molecule is CCNCC(=O)N1CCCCc2ccccc21. The summed E-state index contributed by atoms with van der Waals surface area (Å²) in [5.74, 6) is 0.182. The third-order valence-corrected chi connectivity index (χ3v) is 3.19. The molecule has 1 amide bonds. The van der Waals surface area contributed by atoms with Crippen LogP contribution >= 0.6 is 0 Å². The lowest BCUT2D eigenvalue weighted by molar-refractivity contribution is -0.117. The van der Waals surface area contributed by atoms with Gasteiger partial charge in [-0.25, -0.2) is 0 Å². The normalized spacial score (nSPS) is 15.2. The summed E-state index contributed by atoms with van der Waals surface area (Å²) >= 11 is 0. The second-order valence-corrected chi connectivity index (χ2v) is 4.41. The minimum atomic E-state index is 0.182. The number of likely N-dealkylation sites (N-methyl/N-ethyl adjacent to an activating group) is 1. The molecule has 1 aliphatic rings. The Balaban J connectivity index is 2.19. The number of fused-ring (bicyclic) bond motifs is 1. The third-order valence-electron chi connectivity index (χ3n) is 3.19. The lowest BCUT2D eigenvalue weighted by atomic mass is 10.1. The highest BCUT2D eigenvalue weighted by Gasteiger charge is 2.19. The summed E-state index contributed by atoms with van der Waals surface area (Å²) in [4.78, 5) is 14.1. The first-order chi connectivity index (χ1) is 8.33. The molecule has 1 heterocycles. The molecule has 3 nitrogen and oxygen atoms in total. The van der Waals surface area contributed by atoms with E-state index >= 15 is 0 Å². The quantitative estimate of drug-likeness (QED) is 0.864. The number of anilines is 1. The van der Waals surface area contributed by atoms with E-state index in [2.05, 4.69) is 23.5 Å². The van der Waals surface area contributed by atoms with Crippen LogP contribution in [0.1, 0.15) is 25.3 Å². The van der Waals surface area contributed by atoms with Crippen LogP contribution in [-0.4, -0.2) is 25.5 Å². The molecule has 0 spiro atoms. The number of rotatable bonds is 3. The highest BCUT2D eigenvalue weighted by atomic mass is 16.2. The molecular formula is C14H20N2O. The van der Waals surface area contributed by atoms with E-state index in [-0.39, 0.29) is 5.91 Å². The highest BCUT2D eigenvalue weighted by molar-refractivity contribution is 5.95. The summed E-state index contributed by atoms with van der Waals surface area (Å²) < 4.78 is 0. The smallest absolute Gasteiger partial charge is 0.240 e. The van der Waals surface area contributed by atoms with Crippen molar-refractivity contribution in [1.29, 1.82) is 0 Å². The Morgan fingerprint density at radius 2 is 2.18 bits per heavy atom. The van der Waals surface area contributed by atoms with Crippen molar-refractivity contribution in [3.8, 4) is 0 Å². The van der Waals surface area contributed by atoms with E-state index in [0.717, 1.165) is 31.6 Å². The van der Waals surface area contributed by atoms with Crippen molar-refractivity contribution in [2.24, 2.45) is 0 Å². The molecule has 0 aromatic heterocycles. The van der Waals surface area contributed by atoms with Gasteiger partial charge in [-0.15, -0.1) is 0 Å². The second kappa shape index (κ2) is 5.82. The Morgan fingerprint density at radius 3 is 3.00 bits per heavy atom. The van der Waals surface area contributed by atoms with Gasteiger partial charge >= 0.3 is 0 Å². The Kier molecular flexibility index (Phi) is 4.15. The number of aryl methyl sites for hydroxylation is 1. The average molecular weight is 232 g/mol. The van der Waals surface area contributed by atoms with E-state index in [1.54, 1.807) is 0 Å². The number of amides is 1. The molecule has 0 saturated heterocycles.